The molecule has 0 saturated carbocycles. The second-order valence-corrected chi connectivity index (χ2v) is 8.37. The summed E-state index contributed by atoms with van der Waals surface area (Å²) < 4.78 is 32.9. The summed E-state index contributed by atoms with van der Waals surface area (Å²) in [7, 11) is -3.82. The fourth-order valence-corrected chi connectivity index (χ4v) is 3.87. The van der Waals surface area contributed by atoms with E-state index in [4.69, 9.17) is 4.74 Å². The first-order valence-electron chi connectivity index (χ1n) is 7.80. The highest BCUT2D eigenvalue weighted by atomic mass is 79.9. The fourth-order valence-electron chi connectivity index (χ4n) is 2.23. The fraction of sp³-hybridized carbons (Fsp3) is 0.278. The molecule has 2 aromatic rings. The van der Waals surface area contributed by atoms with E-state index in [1.165, 1.54) is 0 Å². The molecule has 0 aliphatic carbocycles. The number of sulfonamides is 1. The third kappa shape index (κ3) is 5.39. The van der Waals surface area contributed by atoms with Crippen LogP contribution in [0.5, 0.6) is 0 Å². The molecule has 0 saturated heterocycles. The molecule has 0 radical (unpaired) electrons. The Labute approximate surface area is 156 Å². The van der Waals surface area contributed by atoms with Crippen molar-refractivity contribution in [1.29, 1.82) is 0 Å². The predicted molar refractivity (Wildman–Crippen MR) is 99.5 cm³/mol. The first-order valence-corrected chi connectivity index (χ1v) is 10.0. The average Bonchev–Trinajstić information content (AvgIpc) is 2.57. The molecule has 2 rings (SSSR count). The normalized spacial score (nSPS) is 11.5. The number of carbonyl (C=O) groups is 1. The number of esters is 1. The van der Waals surface area contributed by atoms with Crippen LogP contribution in [-0.2, 0) is 26.1 Å². The number of carbonyl (C=O) groups excluding carboxylic acids is 1. The summed E-state index contributed by atoms with van der Waals surface area (Å²) in [4.78, 5) is 12.0. The molecular formula is C18H20BrNO4S. The van der Waals surface area contributed by atoms with Crippen LogP contribution in [0.3, 0.4) is 0 Å². The molecule has 2 aromatic carbocycles. The summed E-state index contributed by atoms with van der Waals surface area (Å²) in [6.07, 6.45) is 0. The van der Waals surface area contributed by atoms with Crippen molar-refractivity contribution in [3.8, 4) is 0 Å². The van der Waals surface area contributed by atoms with Gasteiger partial charge < -0.3 is 4.74 Å². The molecule has 0 aliphatic rings. The Morgan fingerprint density at radius 2 is 1.68 bits per heavy atom. The topological polar surface area (TPSA) is 63.7 Å². The minimum atomic E-state index is -3.82. The molecule has 0 N–H and O–H groups in total. The number of aryl methyl sites for hydroxylation is 1. The summed E-state index contributed by atoms with van der Waals surface area (Å²) in [5, 5.41) is 0. The minimum absolute atomic E-state index is 0.0856. The van der Waals surface area contributed by atoms with Gasteiger partial charge in [0.05, 0.1) is 11.5 Å². The molecule has 5 nitrogen and oxygen atoms in total. The molecule has 0 bridgehead atoms. The lowest BCUT2D eigenvalue weighted by Crippen LogP contribution is -2.36. The molecule has 0 amide bonds. The van der Waals surface area contributed by atoms with Crippen LogP contribution in [0, 0.1) is 6.92 Å². The monoisotopic (exact) mass is 425 g/mol. The number of benzene rings is 2. The van der Waals surface area contributed by atoms with Crippen LogP contribution in [0.15, 0.2) is 57.9 Å². The van der Waals surface area contributed by atoms with Crippen molar-refractivity contribution >= 4 is 31.9 Å². The smallest absolute Gasteiger partial charge is 0.321 e. The van der Waals surface area contributed by atoms with Crippen molar-refractivity contribution in [2.45, 2.75) is 25.3 Å². The molecule has 25 heavy (non-hydrogen) atoms. The number of hydrogen-bond acceptors (Lipinski definition) is 4. The van der Waals surface area contributed by atoms with Gasteiger partial charge in [0.2, 0.25) is 10.0 Å². The number of hydrogen-bond donors (Lipinski definition) is 0. The lowest BCUT2D eigenvalue weighted by atomic mass is 10.2. The summed E-state index contributed by atoms with van der Waals surface area (Å²) in [6.45, 7) is 3.53. The third-order valence-corrected chi connectivity index (χ3v) is 5.88. The first-order chi connectivity index (χ1) is 11.8. The molecule has 0 aliphatic heterocycles. The maximum absolute atomic E-state index is 13.0. The highest BCUT2D eigenvalue weighted by Crippen LogP contribution is 2.20. The molecule has 0 atom stereocenters. The van der Waals surface area contributed by atoms with Crippen LogP contribution in [0.4, 0.5) is 0 Å². The second kappa shape index (κ2) is 8.60. The average molecular weight is 426 g/mol. The molecule has 0 spiro atoms. The van der Waals surface area contributed by atoms with Crippen molar-refractivity contribution in [3.05, 3.63) is 64.1 Å². The van der Waals surface area contributed by atoms with Crippen LogP contribution in [-0.4, -0.2) is 31.8 Å². The highest BCUT2D eigenvalue weighted by Gasteiger charge is 2.27. The maximum atomic E-state index is 13.0. The van der Waals surface area contributed by atoms with E-state index in [-0.39, 0.29) is 24.6 Å². The highest BCUT2D eigenvalue weighted by molar-refractivity contribution is 9.10. The van der Waals surface area contributed by atoms with E-state index in [1.54, 1.807) is 31.2 Å². The van der Waals surface area contributed by atoms with Crippen LogP contribution in [0.2, 0.25) is 0 Å². The molecular weight excluding hydrogens is 406 g/mol. The van der Waals surface area contributed by atoms with Crippen molar-refractivity contribution in [2.75, 3.05) is 13.2 Å². The van der Waals surface area contributed by atoms with E-state index < -0.39 is 16.0 Å². The number of nitrogens with zero attached hydrogens (tertiary/aromatic N) is 1. The van der Waals surface area contributed by atoms with E-state index >= 15 is 0 Å². The standard InChI is InChI=1S/C18H20BrNO4S/c1-3-24-18(21)13-20(12-15-6-8-16(19)9-7-15)25(22,23)17-10-4-14(2)5-11-17/h4-11H,3,12-13H2,1-2H3. The number of rotatable bonds is 7. The van der Waals surface area contributed by atoms with Crippen molar-refractivity contribution < 1.29 is 17.9 Å². The van der Waals surface area contributed by atoms with Gasteiger partial charge in [0.25, 0.3) is 0 Å². The quantitative estimate of drug-likeness (QED) is 0.636. The van der Waals surface area contributed by atoms with Crippen LogP contribution < -0.4 is 0 Å². The number of ether oxygens (including phenoxy) is 1. The first kappa shape index (κ1) is 19.6. The Morgan fingerprint density at radius 3 is 2.24 bits per heavy atom. The summed E-state index contributed by atoms with van der Waals surface area (Å²) in [5.74, 6) is -0.574. The van der Waals surface area contributed by atoms with E-state index in [0.717, 1.165) is 19.9 Å². The van der Waals surface area contributed by atoms with Crippen LogP contribution in [0.25, 0.3) is 0 Å². The van der Waals surface area contributed by atoms with Crippen LogP contribution >= 0.6 is 15.9 Å². The largest absolute Gasteiger partial charge is 0.465 e. The number of halogens is 1. The van der Waals surface area contributed by atoms with E-state index in [2.05, 4.69) is 15.9 Å². The Bertz CT molecular complexity index is 817. The van der Waals surface area contributed by atoms with Gasteiger partial charge in [-0.1, -0.05) is 45.8 Å². The molecule has 0 unspecified atom stereocenters. The lowest BCUT2D eigenvalue weighted by molar-refractivity contribution is -0.143. The van der Waals surface area contributed by atoms with Gasteiger partial charge in [-0.2, -0.15) is 4.31 Å². The Balaban J connectivity index is 2.33. The van der Waals surface area contributed by atoms with Gasteiger partial charge in [0.15, 0.2) is 0 Å². The van der Waals surface area contributed by atoms with Crippen molar-refractivity contribution in [3.63, 3.8) is 0 Å². The molecule has 0 aromatic heterocycles. The second-order valence-electron chi connectivity index (χ2n) is 5.52. The van der Waals surface area contributed by atoms with Gasteiger partial charge in [-0.25, -0.2) is 8.42 Å². The molecule has 7 heteroatoms. The van der Waals surface area contributed by atoms with Gasteiger partial charge in [-0.3, -0.25) is 4.79 Å². The zero-order valence-corrected chi connectivity index (χ0v) is 16.5. The molecule has 0 fully saturated rings. The SMILES string of the molecule is CCOC(=O)CN(Cc1ccc(Br)cc1)S(=O)(=O)c1ccc(C)cc1. The Hall–Kier alpha value is -1.70. The Kier molecular flexibility index (Phi) is 6.75. The van der Waals surface area contributed by atoms with Gasteiger partial charge in [-0.15, -0.1) is 0 Å². The molecule has 0 heterocycles. The third-order valence-electron chi connectivity index (χ3n) is 3.54. The van der Waals surface area contributed by atoms with Crippen molar-refractivity contribution in [2.24, 2.45) is 0 Å². The zero-order chi connectivity index (χ0) is 18.4. The summed E-state index contributed by atoms with van der Waals surface area (Å²) in [5.41, 5.74) is 1.74. The summed E-state index contributed by atoms with van der Waals surface area (Å²) in [6, 6.07) is 13.8. The molecule has 134 valence electrons. The Morgan fingerprint density at radius 1 is 1.08 bits per heavy atom. The van der Waals surface area contributed by atoms with Crippen LogP contribution in [0.1, 0.15) is 18.1 Å². The zero-order valence-electron chi connectivity index (χ0n) is 14.1. The minimum Gasteiger partial charge on any atom is -0.465 e. The summed E-state index contributed by atoms with van der Waals surface area (Å²) >= 11 is 3.35. The van der Waals surface area contributed by atoms with E-state index in [0.29, 0.717) is 0 Å². The van der Waals surface area contributed by atoms with E-state index in [1.807, 2.05) is 31.2 Å². The predicted octanol–water partition coefficient (Wildman–Crippen LogP) is 3.51. The van der Waals surface area contributed by atoms with Crippen molar-refractivity contribution in [1.82, 2.24) is 4.31 Å². The van der Waals surface area contributed by atoms with Gasteiger partial charge in [-0.05, 0) is 43.7 Å². The van der Waals surface area contributed by atoms with E-state index in [9.17, 15) is 13.2 Å². The maximum Gasteiger partial charge on any atom is 0.321 e. The van der Waals surface area contributed by atoms with Gasteiger partial charge >= 0.3 is 5.97 Å². The lowest BCUT2D eigenvalue weighted by Gasteiger charge is -2.21. The van der Waals surface area contributed by atoms with Gasteiger partial charge in [0.1, 0.15) is 6.54 Å². The van der Waals surface area contributed by atoms with Gasteiger partial charge in [0, 0.05) is 11.0 Å².